The third-order valence-electron chi connectivity index (χ3n) is 3.17. The van der Waals surface area contributed by atoms with Crippen LogP contribution in [-0.4, -0.2) is 28.2 Å². The number of nitrogen functional groups attached to an aromatic ring is 1. The van der Waals surface area contributed by atoms with Crippen LogP contribution in [0.3, 0.4) is 0 Å². The molecule has 0 aliphatic carbocycles. The molecule has 0 fully saturated rings. The maximum atomic E-state index is 12.4. The van der Waals surface area contributed by atoms with Gasteiger partial charge in [0.05, 0.1) is 16.9 Å². The summed E-state index contributed by atoms with van der Waals surface area (Å²) in [6.07, 6.45) is 0.670. The van der Waals surface area contributed by atoms with Crippen LogP contribution in [0.15, 0.2) is 39.6 Å². The van der Waals surface area contributed by atoms with Crippen molar-refractivity contribution in [2.75, 3.05) is 5.73 Å². The first-order chi connectivity index (χ1) is 9.82. The molecule has 0 saturated carbocycles. The zero-order chi connectivity index (χ0) is 15.6. The van der Waals surface area contributed by atoms with Crippen LogP contribution in [0.25, 0.3) is 0 Å². The number of hydrogen-bond donors (Lipinski definition) is 1. The van der Waals surface area contributed by atoms with Crippen LogP contribution in [0.4, 0.5) is 11.4 Å². The van der Waals surface area contributed by atoms with Gasteiger partial charge in [-0.05, 0) is 51.5 Å². The van der Waals surface area contributed by atoms with Crippen molar-refractivity contribution >= 4 is 23.0 Å². The number of carbonyl (C=O) groups is 1. The number of benzene rings is 1. The molecule has 0 spiro atoms. The Hall–Kier alpha value is -2.24. The Bertz CT molecular complexity index is 583. The first kappa shape index (κ1) is 15.2. The molecule has 1 aromatic carbocycles. The van der Waals surface area contributed by atoms with Gasteiger partial charge in [0.2, 0.25) is 0 Å². The topological polar surface area (TPSA) is 83.4 Å². The number of amides is 1. The summed E-state index contributed by atoms with van der Waals surface area (Å²) in [5, 5.41) is 14.2. The Morgan fingerprint density at radius 1 is 1.29 bits per heavy atom. The Morgan fingerprint density at radius 2 is 1.90 bits per heavy atom. The minimum absolute atomic E-state index is 0.126. The first-order valence-corrected chi connectivity index (χ1v) is 7.00. The lowest BCUT2D eigenvalue weighted by atomic mass is 10.1. The van der Waals surface area contributed by atoms with Crippen molar-refractivity contribution in [2.45, 2.75) is 45.7 Å². The fourth-order valence-electron chi connectivity index (χ4n) is 2.02. The van der Waals surface area contributed by atoms with E-state index in [9.17, 15) is 4.79 Å². The number of anilines is 1. The third-order valence-corrected chi connectivity index (χ3v) is 3.17. The maximum absolute atomic E-state index is 12.4. The van der Waals surface area contributed by atoms with Crippen molar-refractivity contribution in [1.29, 1.82) is 0 Å². The van der Waals surface area contributed by atoms with Gasteiger partial charge < -0.3 is 5.73 Å². The highest BCUT2D eigenvalue weighted by Crippen LogP contribution is 2.25. The van der Waals surface area contributed by atoms with Gasteiger partial charge in [0.15, 0.2) is 6.04 Å². The lowest BCUT2D eigenvalue weighted by Gasteiger charge is -2.27. The standard InChI is InChI=1S/C15H21N5O/c1-5-12-13(14(21)20(19-12)15(2,3)4)18-17-11-8-6-10(16)7-9-11/h6-9,13H,5,16H2,1-4H3/b18-17+. The van der Waals surface area contributed by atoms with E-state index in [0.717, 1.165) is 5.71 Å². The highest BCUT2D eigenvalue weighted by atomic mass is 16.2. The highest BCUT2D eigenvalue weighted by Gasteiger charge is 2.40. The summed E-state index contributed by atoms with van der Waals surface area (Å²) >= 11 is 0. The van der Waals surface area contributed by atoms with Crippen LogP contribution < -0.4 is 5.73 Å². The summed E-state index contributed by atoms with van der Waals surface area (Å²) < 4.78 is 0. The van der Waals surface area contributed by atoms with Crippen molar-refractivity contribution in [3.63, 3.8) is 0 Å². The molecule has 1 aromatic rings. The van der Waals surface area contributed by atoms with Gasteiger partial charge in [0.1, 0.15) is 0 Å². The van der Waals surface area contributed by atoms with Crippen molar-refractivity contribution in [3.8, 4) is 0 Å². The molecular weight excluding hydrogens is 266 g/mol. The number of carbonyl (C=O) groups excluding carboxylic acids is 1. The van der Waals surface area contributed by atoms with Crippen LogP contribution in [0, 0.1) is 0 Å². The minimum Gasteiger partial charge on any atom is -0.399 e. The molecule has 21 heavy (non-hydrogen) atoms. The number of nitrogens with zero attached hydrogens (tertiary/aromatic N) is 4. The number of azo groups is 1. The zero-order valence-corrected chi connectivity index (χ0v) is 12.9. The first-order valence-electron chi connectivity index (χ1n) is 7.00. The molecule has 6 heteroatoms. The largest absolute Gasteiger partial charge is 0.399 e. The minimum atomic E-state index is -0.619. The van der Waals surface area contributed by atoms with Gasteiger partial charge in [0, 0.05) is 5.69 Å². The van der Waals surface area contributed by atoms with E-state index in [0.29, 0.717) is 17.8 Å². The maximum Gasteiger partial charge on any atom is 0.275 e. The van der Waals surface area contributed by atoms with Gasteiger partial charge in [0.25, 0.3) is 5.91 Å². The zero-order valence-electron chi connectivity index (χ0n) is 12.9. The molecule has 6 nitrogen and oxygen atoms in total. The summed E-state index contributed by atoms with van der Waals surface area (Å²) in [7, 11) is 0. The second-order valence-corrected chi connectivity index (χ2v) is 5.98. The van der Waals surface area contributed by atoms with Crippen LogP contribution >= 0.6 is 0 Å². The van der Waals surface area contributed by atoms with Crippen LogP contribution in [0.2, 0.25) is 0 Å². The molecule has 1 unspecified atom stereocenters. The molecule has 0 bridgehead atoms. The monoisotopic (exact) mass is 287 g/mol. The molecule has 1 heterocycles. The van der Waals surface area contributed by atoms with E-state index in [4.69, 9.17) is 5.73 Å². The normalized spacial score (nSPS) is 19.4. The molecule has 0 aromatic heterocycles. The Morgan fingerprint density at radius 3 is 2.43 bits per heavy atom. The molecule has 1 aliphatic rings. The average molecular weight is 287 g/mol. The SMILES string of the molecule is CCC1=NN(C(C)(C)C)C(=O)C1/N=N/c1ccc(N)cc1. The van der Waals surface area contributed by atoms with Gasteiger partial charge in [-0.25, -0.2) is 5.01 Å². The van der Waals surface area contributed by atoms with E-state index in [1.807, 2.05) is 27.7 Å². The molecule has 2 rings (SSSR count). The van der Waals surface area contributed by atoms with E-state index in [-0.39, 0.29) is 11.4 Å². The van der Waals surface area contributed by atoms with Crippen molar-refractivity contribution in [1.82, 2.24) is 5.01 Å². The third kappa shape index (κ3) is 3.26. The predicted molar refractivity (Wildman–Crippen MR) is 83.5 cm³/mol. The van der Waals surface area contributed by atoms with Gasteiger partial charge in [-0.1, -0.05) is 6.92 Å². The van der Waals surface area contributed by atoms with E-state index in [1.165, 1.54) is 5.01 Å². The van der Waals surface area contributed by atoms with Gasteiger partial charge in [-0.2, -0.15) is 15.3 Å². The van der Waals surface area contributed by atoms with E-state index >= 15 is 0 Å². The Kier molecular flexibility index (Phi) is 4.06. The summed E-state index contributed by atoms with van der Waals surface area (Å²) in [5.41, 5.74) is 7.35. The van der Waals surface area contributed by atoms with Crippen molar-refractivity contribution in [3.05, 3.63) is 24.3 Å². The summed E-state index contributed by atoms with van der Waals surface area (Å²) in [6, 6.07) is 6.42. The molecular formula is C15H21N5O. The molecule has 1 amide bonds. The number of hydrazone groups is 1. The second-order valence-electron chi connectivity index (χ2n) is 5.98. The Balaban J connectivity index is 2.21. The van der Waals surface area contributed by atoms with Gasteiger partial charge in [-0.3, -0.25) is 4.79 Å². The van der Waals surface area contributed by atoms with Crippen LogP contribution in [-0.2, 0) is 4.79 Å². The van der Waals surface area contributed by atoms with Crippen molar-refractivity contribution in [2.24, 2.45) is 15.3 Å². The van der Waals surface area contributed by atoms with E-state index in [1.54, 1.807) is 24.3 Å². The summed E-state index contributed by atoms with van der Waals surface area (Å²) in [5.74, 6) is -0.126. The van der Waals surface area contributed by atoms with Crippen LogP contribution in [0.5, 0.6) is 0 Å². The Labute approximate surface area is 124 Å². The smallest absolute Gasteiger partial charge is 0.275 e. The highest BCUT2D eigenvalue weighted by molar-refractivity contribution is 6.12. The van der Waals surface area contributed by atoms with Gasteiger partial charge >= 0.3 is 0 Å². The molecule has 0 radical (unpaired) electrons. The average Bonchev–Trinajstić information content (AvgIpc) is 2.74. The molecule has 1 aliphatic heterocycles. The number of rotatable bonds is 3. The quantitative estimate of drug-likeness (QED) is 0.684. The molecule has 0 saturated heterocycles. The summed E-state index contributed by atoms with van der Waals surface area (Å²) in [6.45, 7) is 7.80. The number of hydrogen-bond acceptors (Lipinski definition) is 5. The number of nitrogens with two attached hydrogens (primary N) is 1. The van der Waals surface area contributed by atoms with E-state index < -0.39 is 6.04 Å². The van der Waals surface area contributed by atoms with Gasteiger partial charge in [-0.15, -0.1) is 0 Å². The van der Waals surface area contributed by atoms with Crippen LogP contribution in [0.1, 0.15) is 34.1 Å². The lowest BCUT2D eigenvalue weighted by molar-refractivity contribution is -0.134. The predicted octanol–water partition coefficient (Wildman–Crippen LogP) is 3.13. The second kappa shape index (κ2) is 5.63. The lowest BCUT2D eigenvalue weighted by Crippen LogP contribution is -2.42. The van der Waals surface area contributed by atoms with Crippen molar-refractivity contribution < 1.29 is 4.79 Å². The fraction of sp³-hybridized carbons (Fsp3) is 0.467. The summed E-state index contributed by atoms with van der Waals surface area (Å²) in [4.78, 5) is 12.4. The molecule has 1 atom stereocenters. The van der Waals surface area contributed by atoms with E-state index in [2.05, 4.69) is 15.3 Å². The molecule has 112 valence electrons. The molecule has 2 N–H and O–H groups in total. The fourth-order valence-corrected chi connectivity index (χ4v) is 2.02.